The molecule has 0 aliphatic heterocycles. The molecule has 3 N–H and O–H groups in total. The number of nitrogens with zero attached hydrogens (tertiary/aromatic N) is 2. The van der Waals surface area contributed by atoms with Crippen LogP contribution in [0.5, 0.6) is 0 Å². The van der Waals surface area contributed by atoms with Gasteiger partial charge in [0, 0.05) is 12.2 Å². The minimum Gasteiger partial charge on any atom is -0.481 e. The lowest BCUT2D eigenvalue weighted by Crippen LogP contribution is -2.09. The van der Waals surface area contributed by atoms with E-state index in [1.165, 1.54) is 0 Å². The summed E-state index contributed by atoms with van der Waals surface area (Å²) >= 11 is 5.93. The minimum atomic E-state index is -0.875. The van der Waals surface area contributed by atoms with E-state index in [2.05, 4.69) is 20.3 Å². The van der Waals surface area contributed by atoms with Gasteiger partial charge in [-0.05, 0) is 23.2 Å². The molecule has 0 fully saturated rings. The molecule has 3 rings (SSSR count). The summed E-state index contributed by atoms with van der Waals surface area (Å²) in [6, 6.07) is 11.7. The summed E-state index contributed by atoms with van der Waals surface area (Å²) in [4.78, 5) is 22.2. The van der Waals surface area contributed by atoms with Crippen molar-refractivity contribution in [3.05, 3.63) is 41.7 Å². The molecule has 0 saturated carbocycles. The number of hydrogen-bond acceptors (Lipinski definition) is 4. The number of nitrogens with one attached hydrogen (secondary N) is 2. The predicted molar refractivity (Wildman–Crippen MR) is 85.1 cm³/mol. The average molecular weight is 317 g/mol. The number of aromatic amines is 1. The van der Waals surface area contributed by atoms with E-state index in [-0.39, 0.29) is 18.2 Å². The van der Waals surface area contributed by atoms with Gasteiger partial charge in [-0.2, -0.15) is 4.98 Å². The van der Waals surface area contributed by atoms with Crippen LogP contribution in [0.25, 0.3) is 22.3 Å². The first-order valence-electron chi connectivity index (χ1n) is 6.71. The van der Waals surface area contributed by atoms with Crippen LogP contribution in [0.1, 0.15) is 6.42 Å². The first-order chi connectivity index (χ1) is 10.6. The number of benzene rings is 1. The highest BCUT2D eigenvalue weighted by atomic mass is 35.5. The van der Waals surface area contributed by atoms with E-state index in [9.17, 15) is 4.79 Å². The van der Waals surface area contributed by atoms with Gasteiger partial charge in [-0.25, -0.2) is 4.98 Å². The summed E-state index contributed by atoms with van der Waals surface area (Å²) in [6.07, 6.45) is -0.00460. The number of aliphatic carboxylic acids is 1. The Labute approximate surface area is 131 Å². The van der Waals surface area contributed by atoms with E-state index in [0.29, 0.717) is 16.9 Å². The smallest absolute Gasteiger partial charge is 0.305 e. The van der Waals surface area contributed by atoms with Crippen LogP contribution in [0.2, 0.25) is 5.28 Å². The zero-order valence-electron chi connectivity index (χ0n) is 11.5. The molecule has 0 aliphatic rings. The second kappa shape index (κ2) is 6.03. The van der Waals surface area contributed by atoms with Crippen LogP contribution in [-0.2, 0) is 4.79 Å². The van der Waals surface area contributed by atoms with Gasteiger partial charge < -0.3 is 15.4 Å². The summed E-state index contributed by atoms with van der Waals surface area (Å²) < 4.78 is 0. The zero-order valence-corrected chi connectivity index (χ0v) is 12.3. The van der Waals surface area contributed by atoms with Crippen molar-refractivity contribution in [2.45, 2.75) is 6.42 Å². The fourth-order valence-electron chi connectivity index (χ4n) is 2.17. The predicted octanol–water partition coefficient (Wildman–Crippen LogP) is 3.16. The van der Waals surface area contributed by atoms with Crippen molar-refractivity contribution in [3.63, 3.8) is 0 Å². The summed E-state index contributed by atoms with van der Waals surface area (Å²) in [6.45, 7) is 0.261. The minimum absolute atomic E-state index is 0.00460. The normalized spacial score (nSPS) is 10.8. The summed E-state index contributed by atoms with van der Waals surface area (Å²) in [5, 5.41) is 11.8. The van der Waals surface area contributed by atoms with Gasteiger partial charge in [0.15, 0.2) is 5.82 Å². The highest BCUT2D eigenvalue weighted by Crippen LogP contribution is 2.27. The maximum absolute atomic E-state index is 10.6. The van der Waals surface area contributed by atoms with Crippen molar-refractivity contribution >= 4 is 34.4 Å². The number of aromatic nitrogens is 3. The lowest BCUT2D eigenvalue weighted by atomic mass is 10.2. The third-order valence-corrected chi connectivity index (χ3v) is 3.34. The summed E-state index contributed by atoms with van der Waals surface area (Å²) in [5.41, 5.74) is 3.30. The van der Waals surface area contributed by atoms with Crippen LogP contribution >= 0.6 is 11.6 Å². The first kappa shape index (κ1) is 14.3. The number of H-pyrrole nitrogens is 1. The Morgan fingerprint density at radius 1 is 1.27 bits per heavy atom. The molecule has 0 aliphatic carbocycles. The topological polar surface area (TPSA) is 90.9 Å². The van der Waals surface area contributed by atoms with Crippen molar-refractivity contribution in [2.75, 3.05) is 11.9 Å². The molecule has 0 saturated heterocycles. The molecule has 112 valence electrons. The van der Waals surface area contributed by atoms with Crippen LogP contribution in [0, 0.1) is 0 Å². The van der Waals surface area contributed by atoms with Crippen LogP contribution in [0.4, 0.5) is 5.82 Å². The first-order valence-corrected chi connectivity index (χ1v) is 7.08. The molecular formula is C15H13ClN4O2. The molecule has 0 spiro atoms. The number of carbonyl (C=O) groups is 1. The lowest BCUT2D eigenvalue weighted by Gasteiger charge is -2.05. The molecule has 3 aromatic rings. The molecular weight excluding hydrogens is 304 g/mol. The Bertz CT molecular complexity index is 817. The molecule has 2 heterocycles. The Hall–Kier alpha value is -2.60. The van der Waals surface area contributed by atoms with Crippen molar-refractivity contribution < 1.29 is 9.90 Å². The van der Waals surface area contributed by atoms with E-state index in [1.807, 2.05) is 36.4 Å². The Balaban J connectivity index is 1.98. The molecule has 0 amide bonds. The molecule has 0 radical (unpaired) electrons. The van der Waals surface area contributed by atoms with E-state index in [1.54, 1.807) is 0 Å². The molecule has 0 atom stereocenters. The van der Waals surface area contributed by atoms with Gasteiger partial charge in [0.05, 0.1) is 11.9 Å². The largest absolute Gasteiger partial charge is 0.481 e. The van der Waals surface area contributed by atoms with E-state index in [4.69, 9.17) is 16.7 Å². The molecule has 2 aromatic heterocycles. The number of rotatable bonds is 5. The fourth-order valence-corrected chi connectivity index (χ4v) is 2.35. The Kier molecular flexibility index (Phi) is 3.93. The highest BCUT2D eigenvalue weighted by molar-refractivity contribution is 6.28. The highest BCUT2D eigenvalue weighted by Gasteiger charge is 2.11. The van der Waals surface area contributed by atoms with Crippen LogP contribution < -0.4 is 5.32 Å². The van der Waals surface area contributed by atoms with Crippen molar-refractivity contribution in [1.29, 1.82) is 0 Å². The molecule has 1 aromatic carbocycles. The van der Waals surface area contributed by atoms with Gasteiger partial charge in [-0.3, -0.25) is 4.79 Å². The van der Waals surface area contributed by atoms with E-state index < -0.39 is 5.97 Å². The van der Waals surface area contributed by atoms with Gasteiger partial charge >= 0.3 is 5.97 Å². The number of hydrogen-bond donors (Lipinski definition) is 3. The molecule has 6 nitrogen and oxygen atoms in total. The Morgan fingerprint density at radius 3 is 2.77 bits per heavy atom. The maximum atomic E-state index is 10.6. The summed E-state index contributed by atoms with van der Waals surface area (Å²) in [7, 11) is 0. The van der Waals surface area contributed by atoms with Crippen LogP contribution in [0.15, 0.2) is 36.4 Å². The molecule has 22 heavy (non-hydrogen) atoms. The Morgan fingerprint density at radius 2 is 2.05 bits per heavy atom. The quantitative estimate of drug-likeness (QED) is 0.629. The van der Waals surface area contributed by atoms with Gasteiger partial charge in [-0.1, -0.05) is 30.3 Å². The number of carboxylic acid groups (broad SMARTS) is 1. The van der Waals surface area contributed by atoms with Crippen molar-refractivity contribution in [2.24, 2.45) is 0 Å². The SMILES string of the molecule is O=C(O)CCNc1nc(Cl)nc2cc(-c3ccccc3)[nH]c12. The maximum Gasteiger partial charge on any atom is 0.305 e. The lowest BCUT2D eigenvalue weighted by molar-refractivity contribution is -0.136. The van der Waals surface area contributed by atoms with Gasteiger partial charge in [0.1, 0.15) is 5.52 Å². The molecule has 7 heteroatoms. The second-order valence-corrected chi connectivity index (χ2v) is 5.06. The van der Waals surface area contributed by atoms with Crippen LogP contribution in [-0.4, -0.2) is 32.6 Å². The number of halogens is 1. The third-order valence-electron chi connectivity index (χ3n) is 3.17. The van der Waals surface area contributed by atoms with Crippen molar-refractivity contribution in [3.8, 4) is 11.3 Å². The monoisotopic (exact) mass is 316 g/mol. The molecule has 0 bridgehead atoms. The van der Waals surface area contributed by atoms with E-state index in [0.717, 1.165) is 11.3 Å². The van der Waals surface area contributed by atoms with E-state index >= 15 is 0 Å². The average Bonchev–Trinajstić information content (AvgIpc) is 2.91. The van der Waals surface area contributed by atoms with Gasteiger partial charge in [-0.15, -0.1) is 0 Å². The van der Waals surface area contributed by atoms with Gasteiger partial charge in [0.25, 0.3) is 0 Å². The van der Waals surface area contributed by atoms with Gasteiger partial charge in [0.2, 0.25) is 5.28 Å². The summed E-state index contributed by atoms with van der Waals surface area (Å²) in [5.74, 6) is -0.376. The fraction of sp³-hybridized carbons (Fsp3) is 0.133. The third kappa shape index (κ3) is 3.01. The number of fused-ring (bicyclic) bond motifs is 1. The zero-order chi connectivity index (χ0) is 15.5. The molecule has 0 unspecified atom stereocenters. The van der Waals surface area contributed by atoms with Crippen molar-refractivity contribution in [1.82, 2.24) is 15.0 Å². The second-order valence-electron chi connectivity index (χ2n) is 4.72. The standard InChI is InChI=1S/C15H13ClN4O2/c16-15-19-11-8-10(9-4-2-1-3-5-9)18-13(11)14(20-15)17-7-6-12(21)22/h1-5,8,18H,6-7H2,(H,21,22)(H,17,19,20). The number of carboxylic acids is 1. The van der Waals surface area contributed by atoms with Crippen LogP contribution in [0.3, 0.4) is 0 Å². The number of anilines is 1.